The Labute approximate surface area is 116 Å². The molecule has 2 rings (SSSR count). The number of nitrogens with zero attached hydrogens (tertiary/aromatic N) is 1. The fraction of sp³-hybridized carbons (Fsp3) is 0.250. The number of rotatable bonds is 2. The molecule has 6 heteroatoms. The molecule has 1 aromatic rings. The van der Waals surface area contributed by atoms with Crippen molar-refractivity contribution in [1.82, 2.24) is 14.9 Å². The second-order valence-electron chi connectivity index (χ2n) is 4.16. The molecule has 1 heterocycles. The van der Waals surface area contributed by atoms with Crippen LogP contribution in [0.1, 0.15) is 5.56 Å². The van der Waals surface area contributed by atoms with Gasteiger partial charge in [0.1, 0.15) is 5.66 Å². The maximum absolute atomic E-state index is 11.8. The fourth-order valence-corrected chi connectivity index (χ4v) is 2.47. The molecule has 0 unspecified atom stereocenters. The quantitative estimate of drug-likeness (QED) is 0.820. The summed E-state index contributed by atoms with van der Waals surface area (Å²) in [6.07, 6.45) is 1.92. The molecular formula is C12H14ClN3OS. The Kier molecular flexibility index (Phi) is 3.85. The summed E-state index contributed by atoms with van der Waals surface area (Å²) in [7, 11) is 3.41. The summed E-state index contributed by atoms with van der Waals surface area (Å²) in [5.74, 6) is 0. The Morgan fingerprint density at radius 2 is 2.06 bits per heavy atom. The van der Waals surface area contributed by atoms with Crippen molar-refractivity contribution in [2.45, 2.75) is 5.66 Å². The second kappa shape index (κ2) is 5.22. The van der Waals surface area contributed by atoms with Gasteiger partial charge < -0.3 is 10.2 Å². The second-order valence-corrected chi connectivity index (χ2v) is 5.31. The molecule has 18 heavy (non-hydrogen) atoms. The van der Waals surface area contributed by atoms with Crippen molar-refractivity contribution in [2.75, 3.05) is 14.1 Å². The third-order valence-electron chi connectivity index (χ3n) is 2.62. The summed E-state index contributed by atoms with van der Waals surface area (Å²) >= 11 is 7.32. The molecule has 0 spiro atoms. The van der Waals surface area contributed by atoms with Gasteiger partial charge in [-0.2, -0.15) is 0 Å². The minimum absolute atomic E-state index is 0.162. The summed E-state index contributed by atoms with van der Waals surface area (Å²) in [5.41, 5.74) is 0.250. The first-order valence-electron chi connectivity index (χ1n) is 5.39. The van der Waals surface area contributed by atoms with Crippen LogP contribution in [0.4, 0.5) is 4.79 Å². The molecular weight excluding hydrogens is 270 g/mol. The van der Waals surface area contributed by atoms with Gasteiger partial charge in [0, 0.05) is 19.1 Å². The zero-order valence-electron chi connectivity index (χ0n) is 10.1. The SMILES string of the molecule is CN(C)C(=O)N[C@@]1(c2ccc(Cl)cc2)C=CSN1. The monoisotopic (exact) mass is 283 g/mol. The molecule has 96 valence electrons. The third kappa shape index (κ3) is 2.63. The molecule has 1 atom stereocenters. The van der Waals surface area contributed by atoms with Gasteiger partial charge in [0.2, 0.25) is 0 Å². The Morgan fingerprint density at radius 3 is 2.56 bits per heavy atom. The molecule has 1 aromatic carbocycles. The molecule has 0 bridgehead atoms. The molecule has 2 amide bonds. The highest BCUT2D eigenvalue weighted by molar-refractivity contribution is 8.00. The molecule has 1 aliphatic rings. The first kappa shape index (κ1) is 13.3. The Bertz CT molecular complexity index is 475. The van der Waals surface area contributed by atoms with Gasteiger partial charge in [-0.25, -0.2) is 9.52 Å². The lowest BCUT2D eigenvalue weighted by atomic mass is 10.0. The minimum atomic E-state index is -0.684. The predicted molar refractivity (Wildman–Crippen MR) is 75.2 cm³/mol. The average molecular weight is 284 g/mol. The van der Waals surface area contributed by atoms with Crippen molar-refractivity contribution in [1.29, 1.82) is 0 Å². The van der Waals surface area contributed by atoms with E-state index in [1.165, 1.54) is 16.8 Å². The van der Waals surface area contributed by atoms with E-state index in [1.54, 1.807) is 26.2 Å². The number of hydrogen-bond acceptors (Lipinski definition) is 3. The van der Waals surface area contributed by atoms with Gasteiger partial charge in [-0.05, 0) is 29.2 Å². The molecule has 0 saturated carbocycles. The van der Waals surface area contributed by atoms with Gasteiger partial charge in [-0.15, -0.1) is 0 Å². The summed E-state index contributed by atoms with van der Waals surface area (Å²) in [6, 6.07) is 7.23. The van der Waals surface area contributed by atoms with Gasteiger partial charge in [0.05, 0.1) is 0 Å². The fourth-order valence-electron chi connectivity index (χ4n) is 1.58. The van der Waals surface area contributed by atoms with Crippen molar-refractivity contribution in [3.8, 4) is 0 Å². The summed E-state index contributed by atoms with van der Waals surface area (Å²) in [4.78, 5) is 13.3. The van der Waals surface area contributed by atoms with E-state index in [4.69, 9.17) is 11.6 Å². The van der Waals surface area contributed by atoms with Crippen LogP contribution in [0.5, 0.6) is 0 Å². The van der Waals surface area contributed by atoms with Crippen molar-refractivity contribution >= 4 is 29.6 Å². The van der Waals surface area contributed by atoms with Crippen LogP contribution in [0.15, 0.2) is 35.7 Å². The standard InChI is InChI=1S/C12H14ClN3OS/c1-16(2)11(17)14-12(7-8-18-15-12)9-3-5-10(13)6-4-9/h3-8,15H,1-2H3,(H,14,17)/t12-/m0/s1. The predicted octanol–water partition coefficient (Wildman–Crippen LogP) is 2.53. The molecule has 0 fully saturated rings. The minimum Gasteiger partial charge on any atom is -0.331 e. The highest BCUT2D eigenvalue weighted by atomic mass is 35.5. The van der Waals surface area contributed by atoms with Crippen molar-refractivity contribution < 1.29 is 4.79 Å². The van der Waals surface area contributed by atoms with E-state index in [1.807, 2.05) is 23.6 Å². The number of carbonyl (C=O) groups is 1. The first-order chi connectivity index (χ1) is 8.53. The number of urea groups is 1. The van der Waals surface area contributed by atoms with Gasteiger partial charge >= 0.3 is 6.03 Å². The molecule has 2 N–H and O–H groups in total. The highest BCUT2D eigenvalue weighted by Gasteiger charge is 2.34. The van der Waals surface area contributed by atoms with Crippen LogP contribution in [-0.2, 0) is 5.66 Å². The number of benzene rings is 1. The van der Waals surface area contributed by atoms with Crippen LogP contribution >= 0.6 is 23.5 Å². The zero-order valence-corrected chi connectivity index (χ0v) is 11.7. The Balaban J connectivity index is 2.30. The van der Waals surface area contributed by atoms with E-state index in [0.717, 1.165) is 5.56 Å². The normalized spacial score (nSPS) is 21.9. The largest absolute Gasteiger partial charge is 0.331 e. The number of halogens is 1. The lowest BCUT2D eigenvalue weighted by Gasteiger charge is -2.30. The molecule has 0 aromatic heterocycles. The number of amides is 2. The van der Waals surface area contributed by atoms with Gasteiger partial charge in [-0.1, -0.05) is 35.7 Å². The molecule has 0 saturated heterocycles. The maximum atomic E-state index is 11.8. The van der Waals surface area contributed by atoms with E-state index >= 15 is 0 Å². The van der Waals surface area contributed by atoms with Crippen molar-refractivity contribution in [2.24, 2.45) is 0 Å². The zero-order chi connectivity index (χ0) is 13.2. The summed E-state index contributed by atoms with van der Waals surface area (Å²) in [5, 5.41) is 5.53. The van der Waals surface area contributed by atoms with E-state index in [-0.39, 0.29) is 6.03 Å². The number of carbonyl (C=O) groups excluding carboxylic acids is 1. The average Bonchev–Trinajstić information content (AvgIpc) is 2.79. The molecule has 0 radical (unpaired) electrons. The van der Waals surface area contributed by atoms with E-state index in [2.05, 4.69) is 10.0 Å². The number of hydrogen-bond donors (Lipinski definition) is 2. The van der Waals surface area contributed by atoms with E-state index in [9.17, 15) is 4.79 Å². The van der Waals surface area contributed by atoms with Crippen LogP contribution in [-0.4, -0.2) is 25.0 Å². The lowest BCUT2D eigenvalue weighted by Crippen LogP contribution is -2.53. The van der Waals surface area contributed by atoms with E-state index in [0.29, 0.717) is 5.02 Å². The lowest BCUT2D eigenvalue weighted by molar-refractivity contribution is 0.206. The third-order valence-corrected chi connectivity index (χ3v) is 3.58. The first-order valence-corrected chi connectivity index (χ1v) is 6.65. The van der Waals surface area contributed by atoms with Crippen molar-refractivity contribution in [3.63, 3.8) is 0 Å². The highest BCUT2D eigenvalue weighted by Crippen LogP contribution is 2.29. The van der Waals surface area contributed by atoms with Crippen LogP contribution in [0.25, 0.3) is 0 Å². The smallest absolute Gasteiger partial charge is 0.318 e. The summed E-state index contributed by atoms with van der Waals surface area (Å²) < 4.78 is 3.20. The van der Waals surface area contributed by atoms with Gasteiger partial charge in [-0.3, -0.25) is 0 Å². The Morgan fingerprint density at radius 1 is 1.39 bits per heavy atom. The van der Waals surface area contributed by atoms with Gasteiger partial charge in [0.15, 0.2) is 0 Å². The van der Waals surface area contributed by atoms with E-state index < -0.39 is 5.66 Å². The molecule has 4 nitrogen and oxygen atoms in total. The van der Waals surface area contributed by atoms with Crippen LogP contribution in [0.2, 0.25) is 5.02 Å². The molecule has 0 aliphatic carbocycles. The van der Waals surface area contributed by atoms with Crippen LogP contribution < -0.4 is 10.0 Å². The van der Waals surface area contributed by atoms with Crippen LogP contribution in [0, 0.1) is 0 Å². The van der Waals surface area contributed by atoms with Gasteiger partial charge in [0.25, 0.3) is 0 Å². The maximum Gasteiger partial charge on any atom is 0.318 e. The Hall–Kier alpha value is -1.17. The number of nitrogens with one attached hydrogen (secondary N) is 2. The summed E-state index contributed by atoms with van der Waals surface area (Å²) in [6.45, 7) is 0. The van der Waals surface area contributed by atoms with Crippen LogP contribution in [0.3, 0.4) is 0 Å². The molecule has 1 aliphatic heterocycles. The van der Waals surface area contributed by atoms with Crippen molar-refractivity contribution in [3.05, 3.63) is 46.3 Å². The topological polar surface area (TPSA) is 44.4 Å².